The van der Waals surface area contributed by atoms with Crippen molar-refractivity contribution in [3.05, 3.63) is 0 Å². The van der Waals surface area contributed by atoms with Gasteiger partial charge in [-0.05, 0) is 41.7 Å². The van der Waals surface area contributed by atoms with E-state index in [1.807, 2.05) is 0 Å². The van der Waals surface area contributed by atoms with Gasteiger partial charge in [0.2, 0.25) is 0 Å². The Kier molecular flexibility index (Phi) is 3.41. The molecule has 0 amide bonds. The number of aliphatic hydroxyl groups is 4. The number of hydrogen-bond acceptors (Lipinski definition) is 6. The molecule has 18 heavy (non-hydrogen) atoms. The molecule has 0 aromatic heterocycles. The third-order valence-electron chi connectivity index (χ3n) is 5.06. The predicted octanol–water partition coefficient (Wildman–Crippen LogP) is -1.04. The van der Waals surface area contributed by atoms with Crippen molar-refractivity contribution in [2.75, 3.05) is 13.7 Å². The summed E-state index contributed by atoms with van der Waals surface area (Å²) in [4.78, 5) is 0. The Balaban J connectivity index is 3.49. The fourth-order valence-corrected chi connectivity index (χ4v) is 2.58. The lowest BCUT2D eigenvalue weighted by atomic mass is 9.60. The summed E-state index contributed by atoms with van der Waals surface area (Å²) in [6.45, 7) is 6.61. The van der Waals surface area contributed by atoms with Crippen LogP contribution in [0.25, 0.3) is 0 Å². The molecule has 1 fully saturated rings. The predicted molar refractivity (Wildman–Crippen MR) is 65.9 cm³/mol. The molecule has 1 aliphatic heterocycles. The van der Waals surface area contributed by atoms with Crippen LogP contribution in [-0.2, 0) is 4.74 Å². The van der Waals surface area contributed by atoms with Gasteiger partial charge in [0.25, 0.3) is 0 Å². The summed E-state index contributed by atoms with van der Waals surface area (Å²) in [5.41, 5.74) is -8.25. The molecule has 5 atom stereocenters. The van der Waals surface area contributed by atoms with Crippen LogP contribution in [0.15, 0.2) is 0 Å². The van der Waals surface area contributed by atoms with E-state index in [-0.39, 0.29) is 0 Å². The molecule has 0 spiro atoms. The molecule has 0 radical (unpaired) electrons. The van der Waals surface area contributed by atoms with Crippen molar-refractivity contribution < 1.29 is 25.2 Å². The van der Waals surface area contributed by atoms with Gasteiger partial charge in [-0.2, -0.15) is 0 Å². The Morgan fingerprint density at radius 1 is 0.889 bits per heavy atom. The summed E-state index contributed by atoms with van der Waals surface area (Å²) in [5, 5.41) is 44.1. The van der Waals surface area contributed by atoms with Crippen LogP contribution in [0, 0.1) is 0 Å². The quantitative estimate of drug-likeness (QED) is 0.436. The Morgan fingerprint density at radius 3 is 1.67 bits per heavy atom. The highest BCUT2D eigenvalue weighted by molar-refractivity contribution is 5.22. The molecular formula is C12H25NO5. The summed E-state index contributed by atoms with van der Waals surface area (Å²) in [7, 11) is 1.57. The first-order valence-corrected chi connectivity index (χ1v) is 6.00. The van der Waals surface area contributed by atoms with Gasteiger partial charge in [0.05, 0.1) is 6.61 Å². The average Bonchev–Trinajstić information content (AvgIpc) is 2.26. The topological polar surface area (TPSA) is 102 Å². The van der Waals surface area contributed by atoms with E-state index in [4.69, 9.17) is 4.74 Å². The van der Waals surface area contributed by atoms with Crippen LogP contribution in [0.1, 0.15) is 34.6 Å². The van der Waals surface area contributed by atoms with Gasteiger partial charge < -0.3 is 25.2 Å². The van der Waals surface area contributed by atoms with Gasteiger partial charge in [0.1, 0.15) is 28.1 Å². The van der Waals surface area contributed by atoms with E-state index < -0.39 is 34.7 Å². The molecule has 1 saturated heterocycles. The monoisotopic (exact) mass is 263 g/mol. The van der Waals surface area contributed by atoms with E-state index in [2.05, 4.69) is 5.32 Å². The lowest BCUT2D eigenvalue weighted by molar-refractivity contribution is -0.407. The fourth-order valence-electron chi connectivity index (χ4n) is 2.58. The van der Waals surface area contributed by atoms with Crippen molar-refractivity contribution in [3.8, 4) is 0 Å². The second-order valence-corrected chi connectivity index (χ2v) is 5.99. The first-order chi connectivity index (χ1) is 7.83. The smallest absolute Gasteiger partial charge is 0.148 e. The molecule has 1 heterocycles. The van der Waals surface area contributed by atoms with Gasteiger partial charge in [0, 0.05) is 0 Å². The first-order valence-electron chi connectivity index (χ1n) is 6.00. The number of rotatable bonds is 2. The Bertz CT molecular complexity index is 311. The second-order valence-electron chi connectivity index (χ2n) is 5.99. The highest BCUT2D eigenvalue weighted by atomic mass is 16.6. The molecule has 0 aromatic rings. The molecule has 0 bridgehead atoms. The molecule has 5 N–H and O–H groups in total. The van der Waals surface area contributed by atoms with Gasteiger partial charge in [-0.25, -0.2) is 0 Å². The van der Waals surface area contributed by atoms with Crippen LogP contribution in [0.3, 0.4) is 0 Å². The van der Waals surface area contributed by atoms with Crippen LogP contribution in [0.2, 0.25) is 0 Å². The highest BCUT2D eigenvalue weighted by Crippen LogP contribution is 2.52. The lowest BCUT2D eigenvalue weighted by Crippen LogP contribution is -2.86. The van der Waals surface area contributed by atoms with E-state index in [1.165, 1.54) is 27.7 Å². The number of nitrogens with one attached hydrogen (secondary N) is 1. The van der Waals surface area contributed by atoms with Gasteiger partial charge in [-0.3, -0.25) is 5.32 Å². The van der Waals surface area contributed by atoms with Gasteiger partial charge in [-0.1, -0.05) is 0 Å². The van der Waals surface area contributed by atoms with E-state index >= 15 is 0 Å². The van der Waals surface area contributed by atoms with Crippen molar-refractivity contribution in [1.82, 2.24) is 5.32 Å². The normalized spacial score (nSPS) is 57.7. The van der Waals surface area contributed by atoms with Crippen molar-refractivity contribution in [2.45, 2.75) is 62.7 Å². The lowest BCUT2D eigenvalue weighted by Gasteiger charge is -2.65. The minimum Gasteiger partial charge on any atom is -0.393 e. The number of ether oxygens (including phenoxy) is 1. The molecule has 0 aliphatic carbocycles. The minimum atomic E-state index is -1.90. The number of likely N-dealkylation sites (N-methyl/N-ethyl adjacent to an activating group) is 1. The summed E-state index contributed by atoms with van der Waals surface area (Å²) in [6, 6.07) is 0. The summed E-state index contributed by atoms with van der Waals surface area (Å²) < 4.78 is 5.70. The molecule has 6 nitrogen and oxygen atoms in total. The fraction of sp³-hybridized carbons (Fsp3) is 1.00. The number of aliphatic hydroxyl groups excluding tert-OH is 1. The van der Waals surface area contributed by atoms with E-state index in [1.54, 1.807) is 14.0 Å². The van der Waals surface area contributed by atoms with Crippen LogP contribution in [0.4, 0.5) is 0 Å². The third kappa shape index (κ3) is 1.51. The zero-order valence-electron chi connectivity index (χ0n) is 11.9. The zero-order valence-corrected chi connectivity index (χ0v) is 11.9. The number of hydrogen-bond donors (Lipinski definition) is 5. The largest absolute Gasteiger partial charge is 0.393 e. The van der Waals surface area contributed by atoms with Crippen LogP contribution in [-0.4, -0.2) is 62.2 Å². The summed E-state index contributed by atoms with van der Waals surface area (Å²) in [5.74, 6) is 0. The van der Waals surface area contributed by atoms with Gasteiger partial charge in [-0.15, -0.1) is 0 Å². The molecule has 6 heteroatoms. The third-order valence-corrected chi connectivity index (χ3v) is 5.06. The Labute approximate surface area is 108 Å². The molecule has 0 saturated carbocycles. The Morgan fingerprint density at radius 2 is 1.33 bits per heavy atom. The second kappa shape index (κ2) is 3.88. The molecular weight excluding hydrogens is 238 g/mol. The molecule has 1 rings (SSSR count). The van der Waals surface area contributed by atoms with Crippen molar-refractivity contribution in [3.63, 3.8) is 0 Å². The van der Waals surface area contributed by atoms with Crippen LogP contribution >= 0.6 is 0 Å². The molecule has 0 aromatic carbocycles. The van der Waals surface area contributed by atoms with Gasteiger partial charge >= 0.3 is 0 Å². The van der Waals surface area contributed by atoms with E-state index in [9.17, 15) is 20.4 Å². The average molecular weight is 263 g/mol. The maximum atomic E-state index is 10.6. The maximum absolute atomic E-state index is 10.6. The standard InChI is InChI=1S/C12H25NO5/c1-8(7-14)9(2,15)10(3,16)11(4,17)12(5,13-6)18-8/h13-17H,7H2,1-6H3/t8?,9-,10?,11+,12-/m0/s1. The first kappa shape index (κ1) is 15.8. The van der Waals surface area contributed by atoms with Gasteiger partial charge in [0.15, 0.2) is 0 Å². The van der Waals surface area contributed by atoms with Crippen LogP contribution in [0.5, 0.6) is 0 Å². The molecule has 1 aliphatic rings. The van der Waals surface area contributed by atoms with E-state index in [0.717, 1.165) is 0 Å². The van der Waals surface area contributed by atoms with E-state index in [0.29, 0.717) is 0 Å². The summed E-state index contributed by atoms with van der Waals surface area (Å²) >= 11 is 0. The minimum absolute atomic E-state index is 0.497. The van der Waals surface area contributed by atoms with Crippen molar-refractivity contribution in [2.24, 2.45) is 0 Å². The van der Waals surface area contributed by atoms with Crippen molar-refractivity contribution in [1.29, 1.82) is 0 Å². The SMILES string of the molecule is CN[C@@]1(C)OC(C)(CO)[C@](C)(O)C(C)(O)[C@@]1(C)O. The zero-order chi connectivity index (χ0) is 14.6. The summed E-state index contributed by atoms with van der Waals surface area (Å²) in [6.07, 6.45) is 0. The molecule has 108 valence electrons. The maximum Gasteiger partial charge on any atom is 0.148 e. The molecule has 2 unspecified atom stereocenters. The highest BCUT2D eigenvalue weighted by Gasteiger charge is 2.73. The van der Waals surface area contributed by atoms with Crippen LogP contribution < -0.4 is 5.32 Å². The van der Waals surface area contributed by atoms with Crippen molar-refractivity contribution >= 4 is 0 Å². The Hall–Kier alpha value is -0.240.